The lowest BCUT2D eigenvalue weighted by atomic mass is 9.57. The number of hydrogen-bond acceptors (Lipinski definition) is 4. The lowest BCUT2D eigenvalue weighted by molar-refractivity contribution is -0.146. The quantitative estimate of drug-likeness (QED) is 0.683. The van der Waals surface area contributed by atoms with Crippen LogP contribution in [0.5, 0.6) is 0 Å². The van der Waals surface area contributed by atoms with E-state index < -0.39 is 11.4 Å². The summed E-state index contributed by atoms with van der Waals surface area (Å²) in [5, 5.41) is 3.05. The van der Waals surface area contributed by atoms with Crippen LogP contribution in [0.15, 0.2) is 18.2 Å². The maximum Gasteiger partial charge on any atom is 0.251 e. The van der Waals surface area contributed by atoms with Gasteiger partial charge in [-0.25, -0.2) is 4.39 Å². The van der Waals surface area contributed by atoms with E-state index in [2.05, 4.69) is 10.2 Å². The number of nitrogens with zero attached hydrogens (tertiary/aromatic N) is 2. The summed E-state index contributed by atoms with van der Waals surface area (Å²) in [5.41, 5.74) is -0.346. The highest BCUT2D eigenvalue weighted by Crippen LogP contribution is 2.51. The summed E-state index contributed by atoms with van der Waals surface area (Å²) in [4.78, 5) is 39.2. The van der Waals surface area contributed by atoms with Crippen LogP contribution in [0, 0.1) is 17.2 Å². The molecule has 1 aromatic carbocycles. The molecule has 0 unspecified atom stereocenters. The number of carbonyl (C=O) groups excluding carboxylic acids is 3. The molecule has 2 amide bonds. The average molecular weight is 424 g/mol. The summed E-state index contributed by atoms with van der Waals surface area (Å²) < 4.78 is 13.4. The molecule has 6 nitrogen and oxygen atoms in total. The number of carbonyl (C=O) groups is 3. The second-order valence-corrected chi connectivity index (χ2v) is 9.45. The van der Waals surface area contributed by atoms with Crippen molar-refractivity contribution < 1.29 is 18.8 Å². The normalized spacial score (nSPS) is 18.7. The van der Waals surface area contributed by atoms with E-state index in [4.69, 9.17) is 11.6 Å². The van der Waals surface area contributed by atoms with E-state index >= 15 is 0 Å². The van der Waals surface area contributed by atoms with E-state index in [-0.39, 0.29) is 27.8 Å². The first-order valence-electron chi connectivity index (χ1n) is 9.73. The molecule has 0 bridgehead atoms. The van der Waals surface area contributed by atoms with Crippen LogP contribution in [0.3, 0.4) is 0 Å². The first-order valence-corrected chi connectivity index (χ1v) is 10.1. The van der Waals surface area contributed by atoms with E-state index in [9.17, 15) is 18.8 Å². The summed E-state index contributed by atoms with van der Waals surface area (Å²) in [7, 11) is 1.65. The molecule has 1 heterocycles. The zero-order valence-corrected chi connectivity index (χ0v) is 17.8. The molecule has 1 saturated carbocycles. The lowest BCUT2D eigenvalue weighted by Gasteiger charge is -2.59. The van der Waals surface area contributed by atoms with Crippen LogP contribution in [0.1, 0.15) is 37.0 Å². The molecule has 1 aromatic rings. The minimum absolute atomic E-state index is 0.0613. The Morgan fingerprint density at radius 1 is 1.34 bits per heavy atom. The smallest absolute Gasteiger partial charge is 0.251 e. The maximum atomic E-state index is 13.4. The number of rotatable bonds is 7. The van der Waals surface area contributed by atoms with Crippen LogP contribution in [0.4, 0.5) is 4.39 Å². The van der Waals surface area contributed by atoms with Crippen LogP contribution in [-0.2, 0) is 9.59 Å². The standard InChI is InChI=1S/C21H27ClFN3O3/c1-20(2,13-27)25(3)18(28)10-26-11-21(12-26)7-14(8-21)9-24-19(29)15-4-16(22)6-17(23)5-15/h4-6,13-14H,7-12H2,1-3H3,(H,24,29). The molecule has 1 spiro atoms. The molecule has 1 aliphatic heterocycles. The summed E-state index contributed by atoms with van der Waals surface area (Å²) in [6, 6.07) is 3.79. The molecule has 3 rings (SSSR count). The molecular formula is C21H27ClFN3O3. The molecule has 8 heteroatoms. The van der Waals surface area contributed by atoms with Gasteiger partial charge in [0.25, 0.3) is 5.91 Å². The number of likely N-dealkylation sites (tertiary alicyclic amines) is 1. The van der Waals surface area contributed by atoms with Crippen molar-refractivity contribution in [2.75, 3.05) is 33.2 Å². The van der Waals surface area contributed by atoms with Gasteiger partial charge in [0, 0.05) is 37.3 Å². The fourth-order valence-electron chi connectivity index (χ4n) is 4.30. The molecule has 158 valence electrons. The van der Waals surface area contributed by atoms with Crippen LogP contribution in [-0.4, -0.2) is 66.7 Å². The Hall–Kier alpha value is -1.99. The van der Waals surface area contributed by atoms with Crippen molar-refractivity contribution in [3.8, 4) is 0 Å². The number of amides is 2. The zero-order chi connectivity index (χ0) is 21.4. The number of likely N-dealkylation sites (N-methyl/N-ethyl adjacent to an activating group) is 1. The Morgan fingerprint density at radius 2 is 2.00 bits per heavy atom. The van der Waals surface area contributed by atoms with Gasteiger partial charge in [-0.1, -0.05) is 11.6 Å². The van der Waals surface area contributed by atoms with Crippen molar-refractivity contribution in [2.24, 2.45) is 11.3 Å². The molecular weight excluding hydrogens is 397 g/mol. The van der Waals surface area contributed by atoms with Gasteiger partial charge in [-0.15, -0.1) is 0 Å². The zero-order valence-electron chi connectivity index (χ0n) is 17.0. The largest absolute Gasteiger partial charge is 0.352 e. The summed E-state index contributed by atoms with van der Waals surface area (Å²) in [6.07, 6.45) is 2.78. The highest BCUT2D eigenvalue weighted by atomic mass is 35.5. The monoisotopic (exact) mass is 423 g/mol. The van der Waals surface area contributed by atoms with Gasteiger partial charge in [0.05, 0.1) is 12.1 Å². The predicted molar refractivity (Wildman–Crippen MR) is 108 cm³/mol. The highest BCUT2D eigenvalue weighted by Gasteiger charge is 2.52. The van der Waals surface area contributed by atoms with Gasteiger partial charge in [0.2, 0.25) is 5.91 Å². The third-order valence-corrected chi connectivity index (χ3v) is 6.34. The Labute approximate surface area is 175 Å². The third kappa shape index (κ3) is 4.78. The first kappa shape index (κ1) is 21.7. The van der Waals surface area contributed by atoms with Crippen molar-refractivity contribution in [3.05, 3.63) is 34.6 Å². The summed E-state index contributed by atoms with van der Waals surface area (Å²) >= 11 is 5.79. The molecule has 2 fully saturated rings. The van der Waals surface area contributed by atoms with Crippen LogP contribution >= 0.6 is 11.6 Å². The highest BCUT2D eigenvalue weighted by molar-refractivity contribution is 6.31. The first-order chi connectivity index (χ1) is 13.5. The fraction of sp³-hybridized carbons (Fsp3) is 0.571. The Morgan fingerprint density at radius 3 is 2.59 bits per heavy atom. The molecule has 2 aliphatic rings. The SMILES string of the molecule is CN(C(=O)CN1CC2(CC(CNC(=O)c3cc(F)cc(Cl)c3)C2)C1)C(C)(C)C=O. The maximum absolute atomic E-state index is 13.4. The van der Waals surface area contributed by atoms with E-state index in [1.54, 1.807) is 20.9 Å². The summed E-state index contributed by atoms with van der Waals surface area (Å²) in [6.45, 7) is 6.02. The molecule has 0 radical (unpaired) electrons. The van der Waals surface area contributed by atoms with Gasteiger partial charge >= 0.3 is 0 Å². The van der Waals surface area contributed by atoms with E-state index in [0.717, 1.165) is 32.2 Å². The van der Waals surface area contributed by atoms with Gasteiger partial charge in [0.15, 0.2) is 0 Å². The van der Waals surface area contributed by atoms with Crippen molar-refractivity contribution in [1.82, 2.24) is 15.1 Å². The third-order valence-electron chi connectivity index (χ3n) is 6.12. The predicted octanol–water partition coefficient (Wildman–Crippen LogP) is 2.36. The van der Waals surface area contributed by atoms with Gasteiger partial charge in [-0.05, 0) is 56.2 Å². The summed E-state index contributed by atoms with van der Waals surface area (Å²) in [5.74, 6) is -0.531. The Kier molecular flexibility index (Phi) is 6.01. The van der Waals surface area contributed by atoms with E-state index in [1.165, 1.54) is 23.1 Å². The van der Waals surface area contributed by atoms with Crippen LogP contribution in [0.25, 0.3) is 0 Å². The molecule has 0 atom stereocenters. The van der Waals surface area contributed by atoms with Gasteiger partial charge in [-0.2, -0.15) is 0 Å². The van der Waals surface area contributed by atoms with Crippen molar-refractivity contribution in [1.29, 1.82) is 0 Å². The molecule has 1 saturated heterocycles. The number of benzene rings is 1. The van der Waals surface area contributed by atoms with E-state index in [0.29, 0.717) is 19.0 Å². The Balaban J connectivity index is 1.38. The fourth-order valence-corrected chi connectivity index (χ4v) is 4.53. The van der Waals surface area contributed by atoms with Crippen molar-refractivity contribution in [3.63, 3.8) is 0 Å². The van der Waals surface area contributed by atoms with Gasteiger partial charge in [-0.3, -0.25) is 14.5 Å². The van der Waals surface area contributed by atoms with Crippen molar-refractivity contribution in [2.45, 2.75) is 32.2 Å². The molecule has 0 aromatic heterocycles. The van der Waals surface area contributed by atoms with Gasteiger partial charge < -0.3 is 15.0 Å². The van der Waals surface area contributed by atoms with Crippen LogP contribution in [0.2, 0.25) is 5.02 Å². The number of nitrogens with one attached hydrogen (secondary N) is 1. The number of aldehydes is 1. The number of hydrogen-bond donors (Lipinski definition) is 1. The second-order valence-electron chi connectivity index (χ2n) is 9.01. The second kappa shape index (κ2) is 8.03. The lowest BCUT2D eigenvalue weighted by Crippen LogP contribution is -2.65. The van der Waals surface area contributed by atoms with E-state index in [1.807, 2.05) is 0 Å². The average Bonchev–Trinajstić information content (AvgIpc) is 2.59. The number of halogens is 2. The molecule has 1 N–H and O–H groups in total. The Bertz CT molecular complexity index is 795. The minimum atomic E-state index is -0.800. The topological polar surface area (TPSA) is 69.7 Å². The van der Waals surface area contributed by atoms with Crippen molar-refractivity contribution >= 4 is 29.7 Å². The van der Waals surface area contributed by atoms with Gasteiger partial charge in [0.1, 0.15) is 12.1 Å². The minimum Gasteiger partial charge on any atom is -0.352 e. The molecule has 1 aliphatic carbocycles. The van der Waals surface area contributed by atoms with Crippen LogP contribution < -0.4 is 5.32 Å². The molecule has 29 heavy (non-hydrogen) atoms.